The number of pyridine rings is 1. The topological polar surface area (TPSA) is 54.0 Å². The second-order valence-electron chi connectivity index (χ2n) is 8.41. The maximum Gasteiger partial charge on any atom is 0.433 e. The van der Waals surface area contributed by atoms with Crippen molar-refractivity contribution in [3.05, 3.63) is 71.2 Å². The van der Waals surface area contributed by atoms with E-state index in [1.165, 1.54) is 11.3 Å². The minimum absolute atomic E-state index is 0.0330. The Labute approximate surface area is 201 Å². The molecule has 0 saturated carbocycles. The van der Waals surface area contributed by atoms with Crippen LogP contribution in [-0.2, 0) is 6.18 Å². The first-order valence-electron chi connectivity index (χ1n) is 11.1. The number of hydrogen-bond donors (Lipinski definition) is 2. The van der Waals surface area contributed by atoms with Crippen molar-refractivity contribution in [2.45, 2.75) is 43.2 Å². The Morgan fingerprint density at radius 3 is 2.65 bits per heavy atom. The molecule has 1 amide bonds. The number of nitrogens with one attached hydrogen (secondary N) is 2. The molecule has 2 N–H and O–H groups in total. The van der Waals surface area contributed by atoms with Crippen LogP contribution in [0.25, 0.3) is 21.0 Å². The van der Waals surface area contributed by atoms with E-state index >= 15 is 0 Å². The molecule has 0 bridgehead atoms. The van der Waals surface area contributed by atoms with Gasteiger partial charge in [0.1, 0.15) is 5.69 Å². The first-order valence-corrected chi connectivity index (χ1v) is 13.2. The van der Waals surface area contributed by atoms with Crippen LogP contribution in [0.5, 0.6) is 0 Å². The van der Waals surface area contributed by atoms with E-state index in [0.29, 0.717) is 31.0 Å². The van der Waals surface area contributed by atoms with Crippen molar-refractivity contribution in [2.24, 2.45) is 0 Å². The number of hydrogen-bond acceptors (Lipinski definition) is 4. The highest BCUT2D eigenvalue weighted by Gasteiger charge is 2.33. The summed E-state index contributed by atoms with van der Waals surface area (Å²) in [6.45, 7) is 0. The summed E-state index contributed by atoms with van der Waals surface area (Å²) < 4.78 is 41.3. The molecular weight excluding hydrogens is 475 g/mol. The summed E-state index contributed by atoms with van der Waals surface area (Å²) in [5, 5.41) is 8.27. The SMILES string of the molecule is O=C(N[C@H]1CC[C@@H](Nc2cc(C(F)(F)F)nc3ccccc23)CC[Si]1)c1cc2ccccc2s1. The van der Waals surface area contributed by atoms with E-state index in [2.05, 4.69) is 15.6 Å². The van der Waals surface area contributed by atoms with Gasteiger partial charge in [0.05, 0.1) is 19.9 Å². The van der Waals surface area contributed by atoms with Gasteiger partial charge in [0.2, 0.25) is 0 Å². The average molecular weight is 498 g/mol. The Morgan fingerprint density at radius 2 is 1.82 bits per heavy atom. The van der Waals surface area contributed by atoms with E-state index < -0.39 is 11.9 Å². The summed E-state index contributed by atoms with van der Waals surface area (Å²) in [5.41, 5.74) is -0.0371. The molecule has 2 radical (unpaired) electrons. The summed E-state index contributed by atoms with van der Waals surface area (Å²) in [4.78, 5) is 17.3. The zero-order valence-electron chi connectivity index (χ0n) is 18.2. The minimum Gasteiger partial charge on any atom is -0.382 e. The standard InChI is InChI=1S/C25H22F3N3OSSi/c26-25(27,28)22-14-19(17-6-2-3-7-18(17)30-22)29-16-9-10-23(34-12-11-16)31-24(32)21-13-15-5-1-4-8-20(15)33-21/h1-8,13-14,16,23H,9-12H2,(H,29,30)(H,31,32)/t16-,23-/m1/s1. The number of rotatable bonds is 4. The van der Waals surface area contributed by atoms with Gasteiger partial charge < -0.3 is 10.6 Å². The lowest BCUT2D eigenvalue weighted by molar-refractivity contribution is -0.140. The Bertz CT molecular complexity index is 1310. The fourth-order valence-electron chi connectivity index (χ4n) is 4.30. The summed E-state index contributed by atoms with van der Waals surface area (Å²) in [5.74, 6) is -0.0555. The van der Waals surface area contributed by atoms with Crippen LogP contribution < -0.4 is 10.6 Å². The predicted octanol–water partition coefficient (Wildman–Crippen LogP) is 6.31. The van der Waals surface area contributed by atoms with Gasteiger partial charge in [0.15, 0.2) is 0 Å². The van der Waals surface area contributed by atoms with Gasteiger partial charge in [0, 0.05) is 27.5 Å². The highest BCUT2D eigenvalue weighted by atomic mass is 32.1. The molecule has 0 spiro atoms. The molecule has 2 aromatic heterocycles. The molecule has 1 saturated heterocycles. The molecule has 9 heteroatoms. The van der Waals surface area contributed by atoms with Crippen molar-refractivity contribution in [2.75, 3.05) is 5.32 Å². The molecule has 2 atom stereocenters. The number of aromatic nitrogens is 1. The molecule has 174 valence electrons. The van der Waals surface area contributed by atoms with Gasteiger partial charge in [-0.1, -0.05) is 42.4 Å². The number of halogens is 3. The maximum atomic E-state index is 13.4. The fourth-order valence-corrected chi connectivity index (χ4v) is 6.73. The second kappa shape index (κ2) is 9.38. The van der Waals surface area contributed by atoms with Crippen LogP contribution in [0.4, 0.5) is 18.9 Å². The van der Waals surface area contributed by atoms with Gasteiger partial charge in [-0.3, -0.25) is 4.79 Å². The van der Waals surface area contributed by atoms with Gasteiger partial charge in [-0.05, 0) is 48.9 Å². The molecule has 0 unspecified atom stereocenters. The molecule has 34 heavy (non-hydrogen) atoms. The number of carbonyl (C=O) groups is 1. The van der Waals surface area contributed by atoms with Gasteiger partial charge >= 0.3 is 6.18 Å². The third kappa shape index (κ3) is 4.95. The van der Waals surface area contributed by atoms with E-state index in [9.17, 15) is 18.0 Å². The number of para-hydroxylation sites is 1. The van der Waals surface area contributed by atoms with Gasteiger partial charge in [-0.25, -0.2) is 4.98 Å². The van der Waals surface area contributed by atoms with E-state index in [0.717, 1.165) is 41.5 Å². The smallest absolute Gasteiger partial charge is 0.382 e. The van der Waals surface area contributed by atoms with Crippen LogP contribution in [0.1, 0.15) is 34.6 Å². The number of benzene rings is 2. The number of alkyl halides is 3. The molecule has 5 rings (SSSR count). The van der Waals surface area contributed by atoms with E-state index in [1.807, 2.05) is 30.3 Å². The number of thiophene rings is 1. The van der Waals surface area contributed by atoms with Crippen LogP contribution >= 0.6 is 11.3 Å². The normalized spacial score (nSPS) is 19.1. The molecule has 4 aromatic rings. The molecule has 3 heterocycles. The summed E-state index contributed by atoms with van der Waals surface area (Å²) in [6.07, 6.45) is -2.12. The van der Waals surface area contributed by atoms with Gasteiger partial charge in [0.25, 0.3) is 5.91 Å². The van der Waals surface area contributed by atoms with E-state index in [4.69, 9.17) is 0 Å². The Morgan fingerprint density at radius 1 is 1.03 bits per heavy atom. The minimum atomic E-state index is -4.51. The molecule has 1 aliphatic heterocycles. The predicted molar refractivity (Wildman–Crippen MR) is 132 cm³/mol. The Kier molecular flexibility index (Phi) is 6.31. The van der Waals surface area contributed by atoms with Crippen molar-refractivity contribution < 1.29 is 18.0 Å². The van der Waals surface area contributed by atoms with Crippen molar-refractivity contribution in [1.82, 2.24) is 10.3 Å². The van der Waals surface area contributed by atoms with Crippen molar-refractivity contribution >= 4 is 53.4 Å². The zero-order valence-corrected chi connectivity index (χ0v) is 20.0. The van der Waals surface area contributed by atoms with Crippen LogP contribution in [0, 0.1) is 0 Å². The van der Waals surface area contributed by atoms with Crippen LogP contribution in [0.2, 0.25) is 6.04 Å². The summed E-state index contributed by atoms with van der Waals surface area (Å²) in [7, 11) is 0.569. The molecule has 1 aliphatic rings. The summed E-state index contributed by atoms with van der Waals surface area (Å²) >= 11 is 1.49. The van der Waals surface area contributed by atoms with Gasteiger partial charge in [-0.15, -0.1) is 11.3 Å². The van der Waals surface area contributed by atoms with Gasteiger partial charge in [-0.2, -0.15) is 13.2 Å². The number of amides is 1. The largest absolute Gasteiger partial charge is 0.433 e. The van der Waals surface area contributed by atoms with Crippen LogP contribution in [0.3, 0.4) is 0 Å². The van der Waals surface area contributed by atoms with Crippen LogP contribution in [-0.4, -0.2) is 32.1 Å². The lowest BCUT2D eigenvalue weighted by Crippen LogP contribution is -2.38. The molecule has 0 aliphatic carbocycles. The third-order valence-corrected chi connectivity index (χ3v) is 8.63. The number of carbonyl (C=O) groups excluding carboxylic acids is 1. The Balaban J connectivity index is 1.27. The quantitative estimate of drug-likeness (QED) is 0.325. The number of anilines is 1. The number of nitrogens with zero attached hydrogens (tertiary/aromatic N) is 1. The average Bonchev–Trinajstić information content (AvgIpc) is 3.14. The molecule has 1 fully saturated rings. The lowest BCUT2D eigenvalue weighted by atomic mass is 10.1. The van der Waals surface area contributed by atoms with Crippen molar-refractivity contribution in [3.63, 3.8) is 0 Å². The van der Waals surface area contributed by atoms with Crippen molar-refractivity contribution in [1.29, 1.82) is 0 Å². The monoisotopic (exact) mass is 497 g/mol. The zero-order chi connectivity index (χ0) is 23.7. The fraction of sp³-hybridized carbons (Fsp3) is 0.280. The highest BCUT2D eigenvalue weighted by Crippen LogP contribution is 2.34. The first-order chi connectivity index (χ1) is 16.4. The first kappa shape index (κ1) is 22.9. The van der Waals surface area contributed by atoms with E-state index in [1.54, 1.807) is 24.3 Å². The second-order valence-corrected chi connectivity index (χ2v) is 11.1. The van der Waals surface area contributed by atoms with Crippen LogP contribution in [0.15, 0.2) is 60.7 Å². The maximum absolute atomic E-state index is 13.4. The lowest BCUT2D eigenvalue weighted by Gasteiger charge is -2.21. The third-order valence-electron chi connectivity index (χ3n) is 6.01. The van der Waals surface area contributed by atoms with Crippen molar-refractivity contribution in [3.8, 4) is 0 Å². The van der Waals surface area contributed by atoms with E-state index in [-0.39, 0.29) is 17.6 Å². The molecule has 2 aromatic carbocycles. The summed E-state index contributed by atoms with van der Waals surface area (Å²) in [6, 6.07) is 18.8. The Hall–Kier alpha value is -2.91. The highest BCUT2D eigenvalue weighted by molar-refractivity contribution is 7.20. The molecular formula is C25H22F3N3OSSi. The number of fused-ring (bicyclic) bond motifs is 2. The molecule has 4 nitrogen and oxygen atoms in total.